The highest BCUT2D eigenvalue weighted by atomic mass is 16.5. The Labute approximate surface area is 207 Å². The molecule has 180 valence electrons. The third kappa shape index (κ3) is 4.22. The second kappa shape index (κ2) is 9.61. The van der Waals surface area contributed by atoms with Gasteiger partial charge in [0.25, 0.3) is 0 Å². The number of nitrogens with zero attached hydrogens (tertiary/aromatic N) is 1. The van der Waals surface area contributed by atoms with Crippen LogP contribution in [0.15, 0.2) is 65.3 Å². The van der Waals surface area contributed by atoms with E-state index in [4.69, 9.17) is 9.15 Å². The van der Waals surface area contributed by atoms with Gasteiger partial charge in [-0.15, -0.1) is 0 Å². The van der Waals surface area contributed by atoms with Gasteiger partial charge in [-0.2, -0.15) is 0 Å². The van der Waals surface area contributed by atoms with Gasteiger partial charge in [0.1, 0.15) is 11.3 Å². The Morgan fingerprint density at radius 1 is 1.14 bits per heavy atom. The van der Waals surface area contributed by atoms with Crippen LogP contribution in [0, 0.1) is 6.92 Å². The summed E-state index contributed by atoms with van der Waals surface area (Å²) < 4.78 is 11.9. The second-order valence-electron chi connectivity index (χ2n) is 9.59. The highest BCUT2D eigenvalue weighted by molar-refractivity contribution is 6.02. The molecule has 0 N–H and O–H groups in total. The first-order valence-corrected chi connectivity index (χ1v) is 12.6. The van der Waals surface area contributed by atoms with Crippen LogP contribution in [0.1, 0.15) is 50.7 Å². The van der Waals surface area contributed by atoms with Crippen molar-refractivity contribution in [3.8, 4) is 16.9 Å². The monoisotopic (exact) mass is 467 g/mol. The first-order chi connectivity index (χ1) is 17.0. The smallest absolute Gasteiger partial charge is 0.247 e. The van der Waals surface area contributed by atoms with E-state index in [9.17, 15) is 4.79 Å². The van der Waals surface area contributed by atoms with E-state index in [-0.39, 0.29) is 5.91 Å². The molecule has 0 saturated carbocycles. The standard InChI is InChI=1S/C31H33NO3/c1-5-25-12-8-9-15-32(25)29(33)16-20(2)26-18-27-28(19-35-31(27)21(3)30(26)34-4)24-14-13-22-10-6-7-11-23(22)17-24/h6-7,10-11,13-14,16-19,25H,5,8-9,12,15H2,1-4H3/b20-16+. The fourth-order valence-electron chi connectivity index (χ4n) is 5.51. The molecule has 4 nitrogen and oxygen atoms in total. The van der Waals surface area contributed by atoms with Gasteiger partial charge in [-0.25, -0.2) is 0 Å². The number of hydrogen-bond donors (Lipinski definition) is 0. The van der Waals surface area contributed by atoms with Gasteiger partial charge < -0.3 is 14.1 Å². The lowest BCUT2D eigenvalue weighted by atomic mass is 9.95. The summed E-state index contributed by atoms with van der Waals surface area (Å²) in [6.45, 7) is 7.03. The molecule has 35 heavy (non-hydrogen) atoms. The average Bonchev–Trinajstić information content (AvgIpc) is 3.32. The van der Waals surface area contributed by atoms with E-state index in [2.05, 4.69) is 55.5 Å². The number of allylic oxidation sites excluding steroid dienone is 1. The fraction of sp³-hybridized carbons (Fsp3) is 0.323. The molecule has 1 aliphatic heterocycles. The molecule has 1 unspecified atom stereocenters. The van der Waals surface area contributed by atoms with Crippen LogP contribution in [-0.4, -0.2) is 30.5 Å². The number of fused-ring (bicyclic) bond motifs is 2. The fourth-order valence-corrected chi connectivity index (χ4v) is 5.51. The van der Waals surface area contributed by atoms with Crippen LogP contribution in [0.25, 0.3) is 38.4 Å². The van der Waals surface area contributed by atoms with E-state index < -0.39 is 0 Å². The predicted octanol–water partition coefficient (Wildman–Crippen LogP) is 7.76. The maximum atomic E-state index is 13.3. The minimum Gasteiger partial charge on any atom is -0.496 e. The molecule has 4 aromatic rings. The van der Waals surface area contributed by atoms with Gasteiger partial charge in [-0.3, -0.25) is 4.79 Å². The molecule has 2 heterocycles. The van der Waals surface area contributed by atoms with Crippen LogP contribution in [0.5, 0.6) is 5.75 Å². The Kier molecular flexibility index (Phi) is 6.38. The van der Waals surface area contributed by atoms with Crippen molar-refractivity contribution in [3.63, 3.8) is 0 Å². The number of likely N-dealkylation sites (tertiary alicyclic amines) is 1. The zero-order valence-electron chi connectivity index (χ0n) is 21.1. The lowest BCUT2D eigenvalue weighted by Gasteiger charge is -2.34. The van der Waals surface area contributed by atoms with Gasteiger partial charge >= 0.3 is 0 Å². The largest absolute Gasteiger partial charge is 0.496 e. The first-order valence-electron chi connectivity index (χ1n) is 12.6. The topological polar surface area (TPSA) is 42.7 Å². The van der Waals surface area contributed by atoms with Crippen molar-refractivity contribution in [1.29, 1.82) is 0 Å². The molecule has 1 aliphatic rings. The lowest BCUT2D eigenvalue weighted by molar-refractivity contribution is -0.129. The predicted molar refractivity (Wildman–Crippen MR) is 144 cm³/mol. The summed E-state index contributed by atoms with van der Waals surface area (Å²) in [5, 5.41) is 3.43. The van der Waals surface area contributed by atoms with Crippen molar-refractivity contribution >= 4 is 33.2 Å². The van der Waals surface area contributed by atoms with Crippen LogP contribution < -0.4 is 4.74 Å². The minimum absolute atomic E-state index is 0.0933. The number of ether oxygens (including phenoxy) is 1. The minimum atomic E-state index is 0.0933. The number of benzene rings is 3. The summed E-state index contributed by atoms with van der Waals surface area (Å²) in [5.74, 6) is 0.847. The Morgan fingerprint density at radius 3 is 2.71 bits per heavy atom. The number of rotatable bonds is 5. The van der Waals surface area contributed by atoms with Crippen LogP contribution >= 0.6 is 0 Å². The van der Waals surface area contributed by atoms with E-state index in [0.717, 1.165) is 70.4 Å². The molecule has 0 bridgehead atoms. The first kappa shape index (κ1) is 23.2. The van der Waals surface area contributed by atoms with Gasteiger partial charge in [-0.05, 0) is 73.6 Å². The molecule has 0 radical (unpaired) electrons. The highest BCUT2D eigenvalue weighted by Gasteiger charge is 2.25. The number of carbonyl (C=O) groups excluding carboxylic acids is 1. The molecular formula is C31H33NO3. The number of amides is 1. The van der Waals surface area contributed by atoms with Crippen LogP contribution in [0.3, 0.4) is 0 Å². The quantitative estimate of drug-likeness (QED) is 0.282. The summed E-state index contributed by atoms with van der Waals surface area (Å²) in [6.07, 6.45) is 7.98. The van der Waals surface area contributed by atoms with Gasteiger partial charge in [0.05, 0.1) is 13.4 Å². The van der Waals surface area contributed by atoms with Crippen LogP contribution in [-0.2, 0) is 4.79 Å². The molecule has 1 aromatic heterocycles. The lowest BCUT2D eigenvalue weighted by Crippen LogP contribution is -2.42. The molecule has 0 aliphatic carbocycles. The molecule has 5 rings (SSSR count). The molecular weight excluding hydrogens is 434 g/mol. The van der Waals surface area contributed by atoms with Crippen molar-refractivity contribution in [1.82, 2.24) is 4.90 Å². The van der Waals surface area contributed by atoms with E-state index in [1.165, 1.54) is 17.2 Å². The summed E-state index contributed by atoms with van der Waals surface area (Å²) in [4.78, 5) is 15.3. The van der Waals surface area contributed by atoms with Crippen molar-refractivity contribution in [2.24, 2.45) is 0 Å². The number of furan rings is 1. The van der Waals surface area contributed by atoms with Gasteiger partial charge in [0, 0.05) is 40.7 Å². The molecule has 3 aromatic carbocycles. The van der Waals surface area contributed by atoms with Gasteiger partial charge in [0.15, 0.2) is 0 Å². The third-order valence-corrected chi connectivity index (χ3v) is 7.45. The third-order valence-electron chi connectivity index (χ3n) is 7.45. The average molecular weight is 468 g/mol. The molecule has 4 heteroatoms. The Balaban J connectivity index is 1.59. The number of hydrogen-bond acceptors (Lipinski definition) is 3. The second-order valence-corrected chi connectivity index (χ2v) is 9.59. The van der Waals surface area contributed by atoms with E-state index in [1.807, 2.05) is 25.0 Å². The molecule has 1 atom stereocenters. The molecule has 1 saturated heterocycles. The van der Waals surface area contributed by atoms with Crippen molar-refractivity contribution in [3.05, 3.63) is 72.0 Å². The van der Waals surface area contributed by atoms with Gasteiger partial charge in [0.2, 0.25) is 5.91 Å². The number of piperidine rings is 1. The molecule has 1 amide bonds. The van der Waals surface area contributed by atoms with E-state index in [0.29, 0.717) is 6.04 Å². The SMILES string of the molecule is CCC1CCCCN1C(=O)/C=C(\C)c1cc2c(-c3ccc4ccccc4c3)coc2c(C)c1OC. The zero-order chi connectivity index (χ0) is 24.5. The Morgan fingerprint density at radius 2 is 1.94 bits per heavy atom. The summed E-state index contributed by atoms with van der Waals surface area (Å²) in [6, 6.07) is 17.3. The maximum absolute atomic E-state index is 13.3. The number of aryl methyl sites for hydroxylation is 1. The normalized spacial score (nSPS) is 16.7. The molecule has 1 fully saturated rings. The van der Waals surface area contributed by atoms with Crippen molar-refractivity contribution < 1.29 is 13.9 Å². The van der Waals surface area contributed by atoms with E-state index in [1.54, 1.807) is 13.2 Å². The molecule has 0 spiro atoms. The van der Waals surface area contributed by atoms with Crippen molar-refractivity contribution in [2.75, 3.05) is 13.7 Å². The Bertz CT molecular complexity index is 1430. The van der Waals surface area contributed by atoms with Crippen LogP contribution in [0.2, 0.25) is 0 Å². The number of carbonyl (C=O) groups is 1. The summed E-state index contributed by atoms with van der Waals surface area (Å²) in [5.41, 5.74) is 5.74. The van der Waals surface area contributed by atoms with Gasteiger partial charge in [-0.1, -0.05) is 43.3 Å². The summed E-state index contributed by atoms with van der Waals surface area (Å²) >= 11 is 0. The van der Waals surface area contributed by atoms with E-state index >= 15 is 0 Å². The zero-order valence-corrected chi connectivity index (χ0v) is 21.1. The summed E-state index contributed by atoms with van der Waals surface area (Å²) in [7, 11) is 1.68. The highest BCUT2D eigenvalue weighted by Crippen LogP contribution is 2.41. The maximum Gasteiger partial charge on any atom is 0.247 e. The van der Waals surface area contributed by atoms with Crippen molar-refractivity contribution in [2.45, 2.75) is 52.5 Å². The number of methoxy groups -OCH3 is 1. The Hall–Kier alpha value is -3.53. The van der Waals surface area contributed by atoms with Crippen LogP contribution in [0.4, 0.5) is 0 Å².